The molecule has 3 fully saturated rings. The first-order valence-corrected chi connectivity index (χ1v) is 20.8. The molecule has 2 heterocycles. The summed E-state index contributed by atoms with van der Waals surface area (Å²) in [7, 11) is 0. The summed E-state index contributed by atoms with van der Waals surface area (Å²) in [6, 6.07) is 23.2. The molecule has 0 unspecified atom stereocenters. The maximum absolute atomic E-state index is 14.5. The van der Waals surface area contributed by atoms with E-state index in [4.69, 9.17) is 9.47 Å². The average molecular weight is 719 g/mol. The third kappa shape index (κ3) is 7.48. The third-order valence-electron chi connectivity index (χ3n) is 13.3. The molecule has 0 radical (unpaired) electrons. The Morgan fingerprint density at radius 2 is 1.57 bits per heavy atom. The normalized spacial score (nSPS) is 25.4. The Morgan fingerprint density at radius 3 is 2.26 bits per heavy atom. The van der Waals surface area contributed by atoms with Gasteiger partial charge in [0.2, 0.25) is 5.91 Å². The van der Waals surface area contributed by atoms with E-state index in [1.807, 2.05) is 0 Å². The second-order valence-corrected chi connectivity index (χ2v) is 16.7. The van der Waals surface area contributed by atoms with Crippen LogP contribution in [0.2, 0.25) is 0 Å². The number of phenols is 1. The Morgan fingerprint density at radius 1 is 0.887 bits per heavy atom. The minimum atomic E-state index is -0.423. The first kappa shape index (κ1) is 36.2. The van der Waals surface area contributed by atoms with E-state index in [2.05, 4.69) is 70.5 Å². The standard InChI is InChI=1S/C46H58N2O5/c1-32(49)52-41-30-40(50)36-29-39-37-24-25-38(45-46(37,43(36)44(41)53-45)26-28-47(39)31-35-22-23-35)48(27-14-13-20-34-18-10-6-11-19-34)42(51)21-12-4-2-3-7-15-33-16-8-5-9-17-33/h5-6,8-11,16-19,30,35,37-39,45,50H,2-4,7,12-15,20-29,31H2,1H3/t37-,38+,39+,45-,46-/m0/s1. The van der Waals surface area contributed by atoms with Crippen molar-refractivity contribution in [2.45, 2.75) is 133 Å². The van der Waals surface area contributed by atoms with Crippen LogP contribution in [0.3, 0.4) is 0 Å². The Balaban J connectivity index is 1.02. The maximum atomic E-state index is 14.5. The van der Waals surface area contributed by atoms with E-state index >= 15 is 0 Å². The van der Waals surface area contributed by atoms with Gasteiger partial charge in [-0.15, -0.1) is 0 Å². The molecule has 7 heteroatoms. The molecule has 1 N–H and O–H groups in total. The van der Waals surface area contributed by atoms with E-state index in [1.165, 1.54) is 43.7 Å². The minimum absolute atomic E-state index is 0.0670. The molecule has 5 atom stereocenters. The highest BCUT2D eigenvalue weighted by Crippen LogP contribution is 2.66. The van der Waals surface area contributed by atoms with Crippen LogP contribution in [0.4, 0.5) is 0 Å². The van der Waals surface area contributed by atoms with Crippen molar-refractivity contribution in [2.24, 2.45) is 11.8 Å². The molecule has 1 saturated heterocycles. The highest BCUT2D eigenvalue weighted by Gasteiger charge is 2.67. The molecule has 282 valence electrons. The van der Waals surface area contributed by atoms with E-state index in [9.17, 15) is 14.7 Å². The van der Waals surface area contributed by atoms with Gasteiger partial charge < -0.3 is 19.5 Å². The summed E-state index contributed by atoms with van der Waals surface area (Å²) >= 11 is 0. The van der Waals surface area contributed by atoms with Crippen LogP contribution in [0, 0.1) is 11.8 Å². The number of carbonyl (C=O) groups excluding carboxylic acids is 2. The molecule has 3 aliphatic carbocycles. The van der Waals surface area contributed by atoms with Gasteiger partial charge in [0.1, 0.15) is 11.9 Å². The van der Waals surface area contributed by atoms with Crippen LogP contribution >= 0.6 is 0 Å². The number of likely N-dealkylation sites (tertiary alicyclic amines) is 1. The SMILES string of the molecule is CC(=O)Oc1cc(O)c2c3c1O[C@H]1[C@H](N(CCCCc4ccccc4)C(=O)CCCCCCCc4ccccc4)CC[C@H]4[C@@H](C2)N(CC2CC2)CC[C@@]341. The van der Waals surface area contributed by atoms with Crippen molar-refractivity contribution < 1.29 is 24.2 Å². The number of nitrogens with zero attached hydrogens (tertiary/aromatic N) is 2. The fourth-order valence-electron chi connectivity index (χ4n) is 10.7. The molecule has 2 bridgehead atoms. The van der Waals surface area contributed by atoms with Crippen LogP contribution in [-0.4, -0.2) is 64.6 Å². The summed E-state index contributed by atoms with van der Waals surface area (Å²) < 4.78 is 12.9. The van der Waals surface area contributed by atoms with Crippen molar-refractivity contribution in [1.82, 2.24) is 9.80 Å². The number of carbonyl (C=O) groups is 2. The third-order valence-corrected chi connectivity index (χ3v) is 13.3. The molecule has 5 aliphatic rings. The summed E-state index contributed by atoms with van der Waals surface area (Å²) in [6.07, 6.45) is 16.2. The van der Waals surface area contributed by atoms with E-state index in [0.717, 1.165) is 107 Å². The second-order valence-electron chi connectivity index (χ2n) is 16.7. The molecular weight excluding hydrogens is 661 g/mol. The monoisotopic (exact) mass is 718 g/mol. The number of benzene rings is 3. The second kappa shape index (κ2) is 15.9. The van der Waals surface area contributed by atoms with Crippen molar-refractivity contribution >= 4 is 11.9 Å². The fourth-order valence-corrected chi connectivity index (χ4v) is 10.7. The van der Waals surface area contributed by atoms with Crippen molar-refractivity contribution in [3.05, 3.63) is 89.0 Å². The number of hydrogen-bond acceptors (Lipinski definition) is 6. The molecule has 3 aromatic rings. The van der Waals surface area contributed by atoms with Crippen molar-refractivity contribution in [3.8, 4) is 17.2 Å². The van der Waals surface area contributed by atoms with Gasteiger partial charge in [0.05, 0.1) is 6.04 Å². The number of piperidine rings is 1. The molecule has 2 aliphatic heterocycles. The van der Waals surface area contributed by atoms with Crippen molar-refractivity contribution in [1.29, 1.82) is 0 Å². The molecule has 53 heavy (non-hydrogen) atoms. The van der Waals surface area contributed by atoms with Gasteiger partial charge in [-0.25, -0.2) is 0 Å². The number of aromatic hydroxyl groups is 1. The summed E-state index contributed by atoms with van der Waals surface area (Å²) in [6.45, 7) is 4.26. The number of hydrogen-bond donors (Lipinski definition) is 1. The lowest BCUT2D eigenvalue weighted by molar-refractivity contribution is -0.143. The first-order chi connectivity index (χ1) is 25.9. The summed E-state index contributed by atoms with van der Waals surface area (Å²) in [4.78, 5) is 31.7. The summed E-state index contributed by atoms with van der Waals surface area (Å²) in [5.41, 5.74) is 4.46. The minimum Gasteiger partial charge on any atom is -0.508 e. The quantitative estimate of drug-likeness (QED) is 0.0857. The lowest BCUT2D eigenvalue weighted by atomic mass is 9.50. The van der Waals surface area contributed by atoms with E-state index in [-0.39, 0.29) is 29.2 Å². The van der Waals surface area contributed by atoms with Gasteiger partial charge >= 0.3 is 5.97 Å². The summed E-state index contributed by atoms with van der Waals surface area (Å²) in [5.74, 6) is 2.16. The van der Waals surface area contributed by atoms with Gasteiger partial charge in [-0.1, -0.05) is 79.9 Å². The van der Waals surface area contributed by atoms with Crippen molar-refractivity contribution in [3.63, 3.8) is 0 Å². The Kier molecular flexibility index (Phi) is 10.8. The molecule has 1 spiro atoms. The Hall–Kier alpha value is -3.84. The number of ether oxygens (including phenoxy) is 2. The van der Waals surface area contributed by atoms with Gasteiger partial charge in [-0.3, -0.25) is 14.5 Å². The average Bonchev–Trinajstić information content (AvgIpc) is 3.92. The Bertz CT molecular complexity index is 1740. The highest BCUT2D eigenvalue weighted by atomic mass is 16.6. The molecule has 2 saturated carbocycles. The number of esters is 1. The lowest BCUT2D eigenvalue weighted by Gasteiger charge is -2.60. The number of aryl methyl sites for hydroxylation is 2. The number of phenolic OH excluding ortho intramolecular Hbond substituents is 1. The molecular formula is C46H58N2O5. The van der Waals surface area contributed by atoms with Crippen LogP contribution in [0.5, 0.6) is 17.2 Å². The van der Waals surface area contributed by atoms with Gasteiger partial charge in [0.15, 0.2) is 11.5 Å². The van der Waals surface area contributed by atoms with Crippen LogP contribution < -0.4 is 9.47 Å². The smallest absolute Gasteiger partial charge is 0.308 e. The van der Waals surface area contributed by atoms with E-state index < -0.39 is 5.97 Å². The van der Waals surface area contributed by atoms with Gasteiger partial charge in [0, 0.05) is 55.1 Å². The van der Waals surface area contributed by atoms with E-state index in [1.54, 1.807) is 6.07 Å². The predicted molar refractivity (Wildman–Crippen MR) is 207 cm³/mol. The number of unbranched alkanes of at least 4 members (excludes halogenated alkanes) is 5. The zero-order valence-corrected chi connectivity index (χ0v) is 31.6. The molecule has 7 nitrogen and oxygen atoms in total. The van der Waals surface area contributed by atoms with Crippen molar-refractivity contribution in [2.75, 3.05) is 19.6 Å². The maximum Gasteiger partial charge on any atom is 0.308 e. The fraction of sp³-hybridized carbons (Fsp3) is 0.565. The highest BCUT2D eigenvalue weighted by molar-refractivity contribution is 5.77. The Labute approximate surface area is 316 Å². The number of rotatable bonds is 17. The topological polar surface area (TPSA) is 79.3 Å². The number of amides is 1. The summed E-state index contributed by atoms with van der Waals surface area (Å²) in [5, 5.41) is 11.5. The zero-order chi connectivity index (χ0) is 36.4. The van der Waals surface area contributed by atoms with Gasteiger partial charge in [-0.2, -0.15) is 0 Å². The zero-order valence-electron chi connectivity index (χ0n) is 31.6. The molecule has 3 aromatic carbocycles. The molecule has 8 rings (SSSR count). The van der Waals surface area contributed by atoms with Crippen LogP contribution in [-0.2, 0) is 34.3 Å². The van der Waals surface area contributed by atoms with Gasteiger partial charge in [-0.05, 0) is 107 Å². The molecule has 0 aromatic heterocycles. The van der Waals surface area contributed by atoms with Crippen LogP contribution in [0.15, 0.2) is 66.7 Å². The van der Waals surface area contributed by atoms with Gasteiger partial charge in [0.25, 0.3) is 0 Å². The van der Waals surface area contributed by atoms with E-state index in [0.29, 0.717) is 29.9 Å². The molecule has 1 amide bonds. The lowest BCUT2D eigenvalue weighted by Crippen LogP contribution is -2.69. The predicted octanol–water partition coefficient (Wildman–Crippen LogP) is 8.57. The van der Waals surface area contributed by atoms with Crippen LogP contribution in [0.25, 0.3) is 0 Å². The largest absolute Gasteiger partial charge is 0.508 e. The first-order valence-electron chi connectivity index (χ1n) is 20.8. The van der Waals surface area contributed by atoms with Crippen LogP contribution in [0.1, 0.15) is 113 Å².